The van der Waals surface area contributed by atoms with Crippen molar-refractivity contribution in [1.29, 1.82) is 0 Å². The summed E-state index contributed by atoms with van der Waals surface area (Å²) >= 11 is 0. The fourth-order valence-corrected chi connectivity index (χ4v) is 3.95. The summed E-state index contributed by atoms with van der Waals surface area (Å²) in [6.07, 6.45) is 0. The molecule has 0 bridgehead atoms. The fraction of sp³-hybridized carbons (Fsp3) is 0.360. The molecule has 1 aliphatic rings. The number of aliphatic hydroxyl groups excluding tert-OH is 1. The molecule has 1 N–H and O–H groups in total. The lowest BCUT2D eigenvalue weighted by Gasteiger charge is -2.26. The SMILES string of the molecule is CCOc1cc(C2/C(=C(\O)c3ccc(OC)cc3C)C(=O)C(=O)N2CCOC)ccc1OC. The van der Waals surface area contributed by atoms with Gasteiger partial charge in [-0.3, -0.25) is 9.59 Å². The lowest BCUT2D eigenvalue weighted by molar-refractivity contribution is -0.140. The Balaban J connectivity index is 2.21. The number of aryl methyl sites for hydroxylation is 1. The number of benzene rings is 2. The highest BCUT2D eigenvalue weighted by Gasteiger charge is 2.46. The van der Waals surface area contributed by atoms with Crippen molar-refractivity contribution < 1.29 is 33.6 Å². The van der Waals surface area contributed by atoms with Crippen LogP contribution in [0, 0.1) is 6.92 Å². The maximum atomic E-state index is 13.1. The van der Waals surface area contributed by atoms with Gasteiger partial charge in [0.15, 0.2) is 11.5 Å². The van der Waals surface area contributed by atoms with Crippen molar-refractivity contribution in [2.24, 2.45) is 0 Å². The largest absolute Gasteiger partial charge is 0.507 e. The van der Waals surface area contributed by atoms with Gasteiger partial charge in [0.25, 0.3) is 11.7 Å². The number of ketones is 1. The monoisotopic (exact) mass is 455 g/mol. The van der Waals surface area contributed by atoms with Gasteiger partial charge in [-0.25, -0.2) is 0 Å². The first-order valence-electron chi connectivity index (χ1n) is 10.6. The van der Waals surface area contributed by atoms with Crippen LogP contribution in [0.5, 0.6) is 17.2 Å². The van der Waals surface area contributed by atoms with Gasteiger partial charge in [0.05, 0.1) is 39.0 Å². The standard InChI is InChI=1S/C25H29NO7/c1-6-33-20-14-16(7-10-19(20)32-5)22-21(24(28)25(29)26(22)11-12-30-3)23(27)18-9-8-17(31-4)13-15(18)2/h7-10,13-14,22,27H,6,11-12H2,1-5H3/b23-21+. The number of aliphatic hydroxyl groups is 1. The Kier molecular flexibility index (Phi) is 7.60. The van der Waals surface area contributed by atoms with Crippen LogP contribution in [0.15, 0.2) is 42.0 Å². The molecule has 1 atom stereocenters. The van der Waals surface area contributed by atoms with Crippen LogP contribution in [0.4, 0.5) is 0 Å². The first-order chi connectivity index (χ1) is 15.9. The van der Waals surface area contributed by atoms with Crippen LogP contribution in [-0.2, 0) is 14.3 Å². The van der Waals surface area contributed by atoms with Crippen LogP contribution < -0.4 is 14.2 Å². The van der Waals surface area contributed by atoms with Gasteiger partial charge in [-0.05, 0) is 55.3 Å². The van der Waals surface area contributed by atoms with Crippen molar-refractivity contribution in [3.05, 3.63) is 58.7 Å². The Morgan fingerprint density at radius 1 is 1.03 bits per heavy atom. The number of rotatable bonds is 9. The van der Waals surface area contributed by atoms with Gasteiger partial charge in [0.1, 0.15) is 11.5 Å². The number of likely N-dealkylation sites (tertiary alicyclic amines) is 1. The van der Waals surface area contributed by atoms with E-state index < -0.39 is 17.7 Å². The summed E-state index contributed by atoms with van der Waals surface area (Å²) in [4.78, 5) is 27.5. The molecule has 0 saturated carbocycles. The van der Waals surface area contributed by atoms with Crippen LogP contribution in [0.2, 0.25) is 0 Å². The van der Waals surface area contributed by atoms with Gasteiger partial charge >= 0.3 is 0 Å². The van der Waals surface area contributed by atoms with E-state index in [1.54, 1.807) is 50.4 Å². The highest BCUT2D eigenvalue weighted by molar-refractivity contribution is 6.46. The van der Waals surface area contributed by atoms with Crippen LogP contribution in [0.25, 0.3) is 5.76 Å². The van der Waals surface area contributed by atoms with E-state index in [1.807, 2.05) is 6.92 Å². The number of ether oxygens (including phenoxy) is 4. The second kappa shape index (κ2) is 10.4. The number of carbonyl (C=O) groups excluding carboxylic acids is 2. The minimum atomic E-state index is -0.813. The van der Waals surface area contributed by atoms with Crippen LogP contribution in [-0.4, -0.2) is 62.8 Å². The number of amides is 1. The van der Waals surface area contributed by atoms with Crippen molar-refractivity contribution in [1.82, 2.24) is 4.90 Å². The maximum Gasteiger partial charge on any atom is 0.295 e. The quantitative estimate of drug-likeness (QED) is 0.351. The van der Waals surface area contributed by atoms with Gasteiger partial charge < -0.3 is 29.0 Å². The molecule has 3 rings (SSSR count). The fourth-order valence-electron chi connectivity index (χ4n) is 3.95. The van der Waals surface area contributed by atoms with Crippen molar-refractivity contribution in [2.45, 2.75) is 19.9 Å². The van der Waals surface area contributed by atoms with Crippen molar-refractivity contribution >= 4 is 17.4 Å². The molecule has 1 unspecified atom stereocenters. The minimum Gasteiger partial charge on any atom is -0.507 e. The van der Waals surface area contributed by atoms with E-state index in [0.717, 1.165) is 0 Å². The van der Waals surface area contributed by atoms with Crippen LogP contribution >= 0.6 is 0 Å². The van der Waals surface area contributed by atoms with E-state index >= 15 is 0 Å². The average molecular weight is 456 g/mol. The highest BCUT2D eigenvalue weighted by atomic mass is 16.5. The third-order valence-electron chi connectivity index (χ3n) is 5.57. The molecular formula is C25H29NO7. The number of hydrogen-bond acceptors (Lipinski definition) is 7. The average Bonchev–Trinajstić information content (AvgIpc) is 3.07. The topological polar surface area (TPSA) is 94.5 Å². The number of methoxy groups -OCH3 is 3. The Bertz CT molecular complexity index is 1080. The first-order valence-corrected chi connectivity index (χ1v) is 10.6. The molecule has 2 aromatic rings. The van der Waals surface area contributed by atoms with Crippen molar-refractivity contribution in [2.75, 3.05) is 41.1 Å². The third-order valence-corrected chi connectivity index (χ3v) is 5.57. The molecule has 8 heteroatoms. The molecule has 2 aromatic carbocycles. The number of hydrogen-bond donors (Lipinski definition) is 1. The lowest BCUT2D eigenvalue weighted by atomic mass is 9.93. The first kappa shape index (κ1) is 24.1. The molecule has 0 aliphatic carbocycles. The van der Waals surface area contributed by atoms with Crippen LogP contribution in [0.3, 0.4) is 0 Å². The van der Waals surface area contributed by atoms with Gasteiger partial charge in [-0.2, -0.15) is 0 Å². The summed E-state index contributed by atoms with van der Waals surface area (Å²) in [5.41, 5.74) is 1.78. The molecule has 0 spiro atoms. The van der Waals surface area contributed by atoms with Gasteiger partial charge in [0.2, 0.25) is 0 Å². The molecule has 1 saturated heterocycles. The Labute approximate surface area is 193 Å². The Morgan fingerprint density at radius 2 is 1.79 bits per heavy atom. The lowest BCUT2D eigenvalue weighted by Crippen LogP contribution is -2.32. The second-order valence-corrected chi connectivity index (χ2v) is 7.51. The van der Waals surface area contributed by atoms with Crippen molar-refractivity contribution in [3.63, 3.8) is 0 Å². The Morgan fingerprint density at radius 3 is 2.39 bits per heavy atom. The normalized spacial score (nSPS) is 17.4. The third kappa shape index (κ3) is 4.66. The summed E-state index contributed by atoms with van der Waals surface area (Å²) in [5.74, 6) is -0.0584. The van der Waals surface area contributed by atoms with Gasteiger partial charge in [0, 0.05) is 19.2 Å². The van der Waals surface area contributed by atoms with E-state index in [9.17, 15) is 14.7 Å². The zero-order valence-electron chi connectivity index (χ0n) is 19.5. The molecule has 1 aliphatic heterocycles. The molecule has 0 aromatic heterocycles. The maximum absolute atomic E-state index is 13.1. The smallest absolute Gasteiger partial charge is 0.295 e. The zero-order valence-corrected chi connectivity index (χ0v) is 19.5. The molecule has 1 fully saturated rings. The summed E-state index contributed by atoms with van der Waals surface area (Å²) in [5, 5.41) is 11.3. The van der Waals surface area contributed by atoms with E-state index in [1.165, 1.54) is 19.1 Å². The zero-order chi connectivity index (χ0) is 24.1. The van der Waals surface area contributed by atoms with Gasteiger partial charge in [-0.1, -0.05) is 6.07 Å². The molecular weight excluding hydrogens is 426 g/mol. The van der Waals surface area contributed by atoms with E-state index in [-0.39, 0.29) is 24.5 Å². The molecule has 176 valence electrons. The van der Waals surface area contributed by atoms with E-state index in [0.29, 0.717) is 40.5 Å². The second-order valence-electron chi connectivity index (χ2n) is 7.51. The number of Topliss-reactive ketones (excluding diaryl/α,β-unsaturated/α-hetero) is 1. The predicted molar refractivity (Wildman–Crippen MR) is 123 cm³/mol. The molecule has 8 nitrogen and oxygen atoms in total. The molecule has 1 amide bonds. The highest BCUT2D eigenvalue weighted by Crippen LogP contribution is 2.42. The molecule has 1 heterocycles. The van der Waals surface area contributed by atoms with Crippen LogP contribution in [0.1, 0.15) is 29.7 Å². The summed E-state index contributed by atoms with van der Waals surface area (Å²) < 4.78 is 21.4. The van der Waals surface area contributed by atoms with Crippen molar-refractivity contribution in [3.8, 4) is 17.2 Å². The molecule has 33 heavy (non-hydrogen) atoms. The summed E-state index contributed by atoms with van der Waals surface area (Å²) in [6, 6.07) is 9.51. The van der Waals surface area contributed by atoms with Gasteiger partial charge in [-0.15, -0.1) is 0 Å². The summed E-state index contributed by atoms with van der Waals surface area (Å²) in [7, 11) is 4.61. The Hall–Kier alpha value is -3.52. The number of carbonyl (C=O) groups is 2. The molecule has 0 radical (unpaired) electrons. The summed E-state index contributed by atoms with van der Waals surface area (Å²) in [6.45, 7) is 4.48. The predicted octanol–water partition coefficient (Wildman–Crippen LogP) is 3.48. The number of nitrogens with zero attached hydrogens (tertiary/aromatic N) is 1. The van der Waals surface area contributed by atoms with E-state index in [4.69, 9.17) is 18.9 Å². The van der Waals surface area contributed by atoms with E-state index in [2.05, 4.69) is 0 Å². The minimum absolute atomic E-state index is 0.0111.